The van der Waals surface area contributed by atoms with Gasteiger partial charge in [-0.15, -0.1) is 0 Å². The Kier molecular flexibility index (Phi) is 18.9. The average Bonchev–Trinajstić information content (AvgIpc) is 2.48. The number of carbonyl (C=O) groups is 1. The highest BCUT2D eigenvalue weighted by Gasteiger charge is 2.22. The van der Waals surface area contributed by atoms with Gasteiger partial charge in [0.25, 0.3) is 0 Å². The molecule has 23 heavy (non-hydrogen) atoms. The summed E-state index contributed by atoms with van der Waals surface area (Å²) in [5.41, 5.74) is 0. The molecule has 1 N–H and O–H groups in total. The van der Waals surface area contributed by atoms with Gasteiger partial charge in [-0.05, 0) is 25.7 Å². The minimum atomic E-state index is -0.836. The molecule has 0 bridgehead atoms. The summed E-state index contributed by atoms with van der Waals surface area (Å²) in [6.07, 6.45) is 5.39. The summed E-state index contributed by atoms with van der Waals surface area (Å²) >= 11 is 0. The molecule has 0 aliphatic rings. The van der Waals surface area contributed by atoms with E-state index in [-0.39, 0.29) is 13.0 Å². The first-order chi connectivity index (χ1) is 11.0. The SMILES string of the molecule is CCC[N+](CCC)(CCC)CCC.COCCOCCC(=O)O. The number of carboxylic acid groups (broad SMARTS) is 1. The van der Waals surface area contributed by atoms with Crippen LogP contribution in [0, 0.1) is 0 Å². The molecule has 0 spiro atoms. The Bertz CT molecular complexity index is 230. The molecule has 0 saturated carbocycles. The molecule has 0 aliphatic heterocycles. The van der Waals surface area contributed by atoms with Gasteiger partial charge in [-0.25, -0.2) is 0 Å². The third-order valence-corrected chi connectivity index (χ3v) is 3.68. The fourth-order valence-corrected chi connectivity index (χ4v) is 2.97. The van der Waals surface area contributed by atoms with Crippen LogP contribution in [0.4, 0.5) is 0 Å². The zero-order valence-electron chi connectivity index (χ0n) is 16.1. The number of methoxy groups -OCH3 is 1. The van der Waals surface area contributed by atoms with E-state index in [2.05, 4.69) is 32.4 Å². The van der Waals surface area contributed by atoms with Crippen molar-refractivity contribution in [1.82, 2.24) is 0 Å². The molecule has 0 unspecified atom stereocenters. The van der Waals surface area contributed by atoms with Crippen LogP contribution < -0.4 is 0 Å². The predicted molar refractivity (Wildman–Crippen MR) is 95.8 cm³/mol. The van der Waals surface area contributed by atoms with Crippen molar-refractivity contribution in [3.8, 4) is 0 Å². The van der Waals surface area contributed by atoms with Crippen molar-refractivity contribution in [2.24, 2.45) is 0 Å². The average molecular weight is 335 g/mol. The Morgan fingerprint density at radius 1 is 0.826 bits per heavy atom. The van der Waals surface area contributed by atoms with Crippen LogP contribution >= 0.6 is 0 Å². The second-order valence-corrected chi connectivity index (χ2v) is 5.98. The molecule has 0 heterocycles. The lowest BCUT2D eigenvalue weighted by Gasteiger charge is -2.38. The van der Waals surface area contributed by atoms with E-state index in [9.17, 15) is 4.79 Å². The highest BCUT2D eigenvalue weighted by atomic mass is 16.5. The Hall–Kier alpha value is -0.650. The molecule has 0 aromatic heterocycles. The van der Waals surface area contributed by atoms with E-state index >= 15 is 0 Å². The lowest BCUT2D eigenvalue weighted by Crippen LogP contribution is -2.50. The Morgan fingerprint density at radius 2 is 1.26 bits per heavy atom. The van der Waals surface area contributed by atoms with E-state index < -0.39 is 5.97 Å². The minimum absolute atomic E-state index is 0.0592. The smallest absolute Gasteiger partial charge is 0.305 e. The molecule has 5 heteroatoms. The zero-order chi connectivity index (χ0) is 18.0. The van der Waals surface area contributed by atoms with Gasteiger partial charge < -0.3 is 19.1 Å². The second kappa shape index (κ2) is 17.7. The molecule has 0 atom stereocenters. The number of hydrogen-bond acceptors (Lipinski definition) is 3. The number of nitrogens with zero attached hydrogens (tertiary/aromatic N) is 1. The van der Waals surface area contributed by atoms with E-state index in [0.29, 0.717) is 13.2 Å². The van der Waals surface area contributed by atoms with E-state index in [1.165, 1.54) is 56.3 Å². The molecule has 0 radical (unpaired) electrons. The maximum absolute atomic E-state index is 9.92. The Labute approximate surface area is 143 Å². The molecular formula is C18H40NO4+. The van der Waals surface area contributed by atoms with Crippen LogP contribution in [-0.4, -0.2) is 68.7 Å². The maximum Gasteiger partial charge on any atom is 0.305 e. The third kappa shape index (κ3) is 16.0. The van der Waals surface area contributed by atoms with E-state index in [4.69, 9.17) is 9.84 Å². The third-order valence-electron chi connectivity index (χ3n) is 3.68. The topological polar surface area (TPSA) is 55.8 Å². The lowest BCUT2D eigenvalue weighted by molar-refractivity contribution is -0.928. The standard InChI is InChI=1S/C12H28N.C6H12O4/c1-5-9-13(10-6-2,11-7-3)12-8-4;1-9-4-5-10-3-2-6(7)8/h5-12H2,1-4H3;2-5H2,1H3,(H,7,8)/q+1;. The van der Waals surface area contributed by atoms with Crippen molar-refractivity contribution >= 4 is 5.97 Å². The molecular weight excluding hydrogens is 294 g/mol. The van der Waals surface area contributed by atoms with Crippen molar-refractivity contribution < 1.29 is 23.9 Å². The molecule has 140 valence electrons. The summed E-state index contributed by atoms with van der Waals surface area (Å²) in [7, 11) is 1.57. The van der Waals surface area contributed by atoms with Gasteiger partial charge in [0.1, 0.15) is 0 Å². The first-order valence-corrected chi connectivity index (χ1v) is 9.15. The molecule has 0 aliphatic carbocycles. The van der Waals surface area contributed by atoms with Crippen LogP contribution in [0.5, 0.6) is 0 Å². The molecule has 0 amide bonds. The summed E-state index contributed by atoms with van der Waals surface area (Å²) in [5, 5.41) is 8.16. The van der Waals surface area contributed by atoms with Crippen molar-refractivity contribution in [3.05, 3.63) is 0 Å². The monoisotopic (exact) mass is 334 g/mol. The van der Waals surface area contributed by atoms with Gasteiger partial charge in [0.05, 0.1) is 52.4 Å². The molecule has 0 rings (SSSR count). The van der Waals surface area contributed by atoms with Crippen molar-refractivity contribution in [2.45, 2.75) is 59.8 Å². The van der Waals surface area contributed by atoms with Crippen LogP contribution in [0.3, 0.4) is 0 Å². The molecule has 5 nitrogen and oxygen atoms in total. The van der Waals surface area contributed by atoms with Gasteiger partial charge >= 0.3 is 5.97 Å². The summed E-state index contributed by atoms with van der Waals surface area (Å²) in [6.45, 7) is 16.0. The van der Waals surface area contributed by atoms with Gasteiger partial charge in [0.2, 0.25) is 0 Å². The van der Waals surface area contributed by atoms with Gasteiger partial charge in [-0.2, -0.15) is 0 Å². The molecule has 0 aromatic carbocycles. The summed E-state index contributed by atoms with van der Waals surface area (Å²) in [4.78, 5) is 9.92. The fraction of sp³-hybridized carbons (Fsp3) is 0.944. The zero-order valence-corrected chi connectivity index (χ0v) is 16.1. The van der Waals surface area contributed by atoms with Crippen LogP contribution in [0.1, 0.15) is 59.8 Å². The quantitative estimate of drug-likeness (QED) is 0.390. The minimum Gasteiger partial charge on any atom is -0.481 e. The number of aliphatic carboxylic acids is 1. The first kappa shape index (κ1) is 24.6. The van der Waals surface area contributed by atoms with Crippen molar-refractivity contribution in [3.63, 3.8) is 0 Å². The first-order valence-electron chi connectivity index (χ1n) is 9.15. The number of rotatable bonds is 14. The maximum atomic E-state index is 9.92. The lowest BCUT2D eigenvalue weighted by atomic mass is 10.2. The van der Waals surface area contributed by atoms with Gasteiger partial charge in [0, 0.05) is 7.11 Å². The largest absolute Gasteiger partial charge is 0.481 e. The summed E-state index contributed by atoms with van der Waals surface area (Å²) in [6, 6.07) is 0. The number of carboxylic acids is 1. The summed E-state index contributed by atoms with van der Waals surface area (Å²) < 4.78 is 10.9. The van der Waals surface area contributed by atoms with Crippen LogP contribution in [0.15, 0.2) is 0 Å². The second-order valence-electron chi connectivity index (χ2n) is 5.98. The summed E-state index contributed by atoms with van der Waals surface area (Å²) in [5.74, 6) is -0.836. The molecule has 0 fully saturated rings. The van der Waals surface area contributed by atoms with Crippen LogP contribution in [0.2, 0.25) is 0 Å². The normalized spacial score (nSPS) is 11.0. The fourth-order valence-electron chi connectivity index (χ4n) is 2.97. The van der Waals surface area contributed by atoms with E-state index in [1.807, 2.05) is 0 Å². The highest BCUT2D eigenvalue weighted by molar-refractivity contribution is 5.66. The molecule has 0 saturated heterocycles. The van der Waals surface area contributed by atoms with Gasteiger partial charge in [-0.3, -0.25) is 4.79 Å². The highest BCUT2D eigenvalue weighted by Crippen LogP contribution is 2.12. The number of quaternary nitrogens is 1. The Morgan fingerprint density at radius 3 is 1.57 bits per heavy atom. The number of ether oxygens (including phenoxy) is 2. The molecule has 0 aromatic rings. The number of hydrogen-bond donors (Lipinski definition) is 1. The predicted octanol–water partition coefficient (Wildman–Crippen LogP) is 3.57. The van der Waals surface area contributed by atoms with Crippen LogP contribution in [-0.2, 0) is 14.3 Å². The van der Waals surface area contributed by atoms with Gasteiger partial charge in [0.15, 0.2) is 0 Å². The van der Waals surface area contributed by atoms with Gasteiger partial charge in [-0.1, -0.05) is 27.7 Å². The Balaban J connectivity index is 0. The van der Waals surface area contributed by atoms with Crippen molar-refractivity contribution in [1.29, 1.82) is 0 Å². The van der Waals surface area contributed by atoms with E-state index in [0.717, 1.165) is 0 Å². The van der Waals surface area contributed by atoms with Crippen molar-refractivity contribution in [2.75, 3.05) is 53.1 Å². The van der Waals surface area contributed by atoms with Crippen LogP contribution in [0.25, 0.3) is 0 Å². The van der Waals surface area contributed by atoms with E-state index in [1.54, 1.807) is 7.11 Å².